The summed E-state index contributed by atoms with van der Waals surface area (Å²) >= 11 is 1.41. The van der Waals surface area contributed by atoms with Gasteiger partial charge in [0.2, 0.25) is 5.91 Å². The molecule has 104 valence electrons. The number of thioether (sulfide) groups is 1. The lowest BCUT2D eigenvalue weighted by atomic mass is 10.3. The van der Waals surface area contributed by atoms with Gasteiger partial charge in [-0.25, -0.2) is 4.39 Å². The summed E-state index contributed by atoms with van der Waals surface area (Å²) < 4.78 is 13.3. The molecule has 1 aromatic rings. The van der Waals surface area contributed by atoms with E-state index in [-0.39, 0.29) is 29.7 Å². The molecule has 0 aliphatic rings. The summed E-state index contributed by atoms with van der Waals surface area (Å²) in [5.41, 5.74) is 0.163. The number of benzene rings is 1. The molecule has 4 nitrogen and oxygen atoms in total. The lowest BCUT2D eigenvalue weighted by Crippen LogP contribution is -2.14. The zero-order valence-electron chi connectivity index (χ0n) is 10.6. The number of halogens is 1. The summed E-state index contributed by atoms with van der Waals surface area (Å²) in [6.07, 6.45) is 0.294. The zero-order valence-corrected chi connectivity index (χ0v) is 11.4. The Morgan fingerprint density at radius 2 is 2.11 bits per heavy atom. The average molecular weight is 285 g/mol. The van der Waals surface area contributed by atoms with Crippen molar-refractivity contribution in [3.05, 3.63) is 30.1 Å². The minimum absolute atomic E-state index is 0.0428. The fourth-order valence-electron chi connectivity index (χ4n) is 1.43. The van der Waals surface area contributed by atoms with Crippen molar-refractivity contribution < 1.29 is 19.1 Å². The van der Waals surface area contributed by atoms with Crippen molar-refractivity contribution in [2.75, 3.05) is 11.1 Å². The van der Waals surface area contributed by atoms with Gasteiger partial charge in [0.15, 0.2) is 0 Å². The molecule has 0 fully saturated rings. The van der Waals surface area contributed by atoms with E-state index in [1.165, 1.54) is 23.9 Å². The highest BCUT2D eigenvalue weighted by atomic mass is 32.2. The molecule has 0 bridgehead atoms. The number of anilines is 1. The fourth-order valence-corrected chi connectivity index (χ4v) is 2.40. The lowest BCUT2D eigenvalue weighted by Gasteiger charge is -2.09. The summed E-state index contributed by atoms with van der Waals surface area (Å²) in [5.74, 6) is -1.09. The molecule has 1 amide bonds. The molecule has 1 rings (SSSR count). The minimum Gasteiger partial charge on any atom is -0.481 e. The van der Waals surface area contributed by atoms with E-state index in [4.69, 9.17) is 5.11 Å². The Morgan fingerprint density at radius 1 is 1.42 bits per heavy atom. The average Bonchev–Trinajstić information content (AvgIpc) is 2.31. The van der Waals surface area contributed by atoms with Crippen molar-refractivity contribution in [3.63, 3.8) is 0 Å². The monoisotopic (exact) mass is 285 g/mol. The first kappa shape index (κ1) is 15.5. The largest absolute Gasteiger partial charge is 0.481 e. The van der Waals surface area contributed by atoms with Crippen LogP contribution in [0.4, 0.5) is 10.1 Å². The van der Waals surface area contributed by atoms with Crippen LogP contribution in [0.5, 0.6) is 0 Å². The number of nitrogens with one attached hydrogen (secondary N) is 1. The van der Waals surface area contributed by atoms with Crippen LogP contribution in [0, 0.1) is 5.82 Å². The number of carboxylic acids is 1. The Kier molecular flexibility index (Phi) is 6.35. The number of hydrogen-bond acceptors (Lipinski definition) is 3. The van der Waals surface area contributed by atoms with Gasteiger partial charge in [-0.05, 0) is 12.1 Å². The van der Waals surface area contributed by atoms with Crippen molar-refractivity contribution in [1.82, 2.24) is 0 Å². The minimum atomic E-state index is -0.851. The third kappa shape index (κ3) is 6.24. The summed E-state index contributed by atoms with van der Waals surface area (Å²) in [6.45, 7) is 1.80. The molecular formula is C13H16FNO3S. The smallest absolute Gasteiger partial charge is 0.304 e. The summed E-state index contributed by atoms with van der Waals surface area (Å²) in [6, 6.07) is 5.96. The molecule has 0 aliphatic heterocycles. The maximum Gasteiger partial charge on any atom is 0.304 e. The van der Waals surface area contributed by atoms with Crippen molar-refractivity contribution in [2.45, 2.75) is 25.0 Å². The zero-order chi connectivity index (χ0) is 14.3. The van der Waals surface area contributed by atoms with Crippen molar-refractivity contribution in [1.29, 1.82) is 0 Å². The molecule has 6 heteroatoms. The Labute approximate surface area is 115 Å². The first-order chi connectivity index (χ1) is 8.99. The Bertz CT molecular complexity index is 453. The van der Waals surface area contributed by atoms with Gasteiger partial charge in [-0.3, -0.25) is 9.59 Å². The van der Waals surface area contributed by atoms with E-state index in [0.29, 0.717) is 5.75 Å². The molecule has 1 aromatic carbocycles. The van der Waals surface area contributed by atoms with E-state index in [1.54, 1.807) is 19.1 Å². The number of hydrogen-bond donors (Lipinski definition) is 2. The van der Waals surface area contributed by atoms with Gasteiger partial charge >= 0.3 is 5.97 Å². The van der Waals surface area contributed by atoms with Crippen LogP contribution in [0.15, 0.2) is 24.3 Å². The standard InChI is InChI=1S/C13H16FNO3S/c1-9(8-13(17)18)19-7-6-12(16)15-11-5-3-2-4-10(11)14/h2-5,9H,6-8H2,1H3,(H,15,16)(H,17,18). The van der Waals surface area contributed by atoms with Gasteiger partial charge in [0.1, 0.15) is 5.82 Å². The van der Waals surface area contributed by atoms with Gasteiger partial charge in [0, 0.05) is 17.4 Å². The first-order valence-corrected chi connectivity index (χ1v) is 6.91. The third-order valence-corrected chi connectivity index (χ3v) is 3.52. The summed E-state index contributed by atoms with van der Waals surface area (Å²) in [5, 5.41) is 11.0. The van der Waals surface area contributed by atoms with Crippen LogP contribution in [-0.4, -0.2) is 28.0 Å². The van der Waals surface area contributed by atoms with Crippen LogP contribution in [0.25, 0.3) is 0 Å². The molecule has 0 aromatic heterocycles. The molecule has 1 unspecified atom stereocenters. The molecule has 2 N–H and O–H groups in total. The Balaban J connectivity index is 2.29. The first-order valence-electron chi connectivity index (χ1n) is 5.87. The SMILES string of the molecule is CC(CC(=O)O)SCCC(=O)Nc1ccccc1F. The summed E-state index contributed by atoms with van der Waals surface area (Å²) in [7, 11) is 0. The molecule has 0 heterocycles. The second-order valence-electron chi connectivity index (χ2n) is 4.06. The van der Waals surface area contributed by atoms with Crippen LogP contribution >= 0.6 is 11.8 Å². The van der Waals surface area contributed by atoms with Crippen molar-refractivity contribution in [2.24, 2.45) is 0 Å². The molecule has 0 saturated carbocycles. The second-order valence-corrected chi connectivity index (χ2v) is 5.60. The number of rotatable bonds is 7. The number of aliphatic carboxylic acids is 1. The van der Waals surface area contributed by atoms with Crippen LogP contribution in [0.2, 0.25) is 0 Å². The molecule has 0 radical (unpaired) electrons. The predicted molar refractivity (Wildman–Crippen MR) is 73.8 cm³/mol. The molecular weight excluding hydrogens is 269 g/mol. The maximum absolute atomic E-state index is 13.3. The van der Waals surface area contributed by atoms with Crippen LogP contribution < -0.4 is 5.32 Å². The highest BCUT2D eigenvalue weighted by molar-refractivity contribution is 7.99. The van der Waals surface area contributed by atoms with Crippen LogP contribution in [0.3, 0.4) is 0 Å². The lowest BCUT2D eigenvalue weighted by molar-refractivity contribution is -0.136. The number of carbonyl (C=O) groups is 2. The van der Waals surface area contributed by atoms with Gasteiger partial charge < -0.3 is 10.4 Å². The van der Waals surface area contributed by atoms with E-state index in [1.807, 2.05) is 0 Å². The molecule has 19 heavy (non-hydrogen) atoms. The Hall–Kier alpha value is -1.56. The highest BCUT2D eigenvalue weighted by Gasteiger charge is 2.10. The molecule has 0 saturated heterocycles. The Morgan fingerprint density at radius 3 is 2.74 bits per heavy atom. The molecule has 0 aliphatic carbocycles. The number of carboxylic acid groups (broad SMARTS) is 1. The van der Waals surface area contributed by atoms with E-state index in [9.17, 15) is 14.0 Å². The van der Waals surface area contributed by atoms with Crippen molar-refractivity contribution in [3.8, 4) is 0 Å². The quantitative estimate of drug-likeness (QED) is 0.808. The van der Waals surface area contributed by atoms with E-state index in [0.717, 1.165) is 0 Å². The second kappa shape index (κ2) is 7.78. The predicted octanol–water partition coefficient (Wildman–Crippen LogP) is 2.75. The highest BCUT2D eigenvalue weighted by Crippen LogP contribution is 2.16. The maximum atomic E-state index is 13.3. The van der Waals surface area contributed by atoms with Crippen molar-refractivity contribution >= 4 is 29.3 Å². The van der Waals surface area contributed by atoms with Crippen LogP contribution in [0.1, 0.15) is 19.8 Å². The molecule has 1 atom stereocenters. The van der Waals surface area contributed by atoms with Gasteiger partial charge in [-0.2, -0.15) is 11.8 Å². The van der Waals surface area contributed by atoms with Gasteiger partial charge in [0.05, 0.1) is 12.1 Å². The van der Waals surface area contributed by atoms with E-state index < -0.39 is 11.8 Å². The normalized spacial score (nSPS) is 11.9. The number of amides is 1. The third-order valence-electron chi connectivity index (χ3n) is 2.34. The summed E-state index contributed by atoms with van der Waals surface area (Å²) in [4.78, 5) is 22.0. The van der Waals surface area contributed by atoms with Gasteiger partial charge in [-0.1, -0.05) is 19.1 Å². The number of para-hydroxylation sites is 1. The van der Waals surface area contributed by atoms with Gasteiger partial charge in [0.25, 0.3) is 0 Å². The fraction of sp³-hybridized carbons (Fsp3) is 0.385. The topological polar surface area (TPSA) is 66.4 Å². The van der Waals surface area contributed by atoms with Crippen LogP contribution in [-0.2, 0) is 9.59 Å². The van der Waals surface area contributed by atoms with Gasteiger partial charge in [-0.15, -0.1) is 0 Å². The van der Waals surface area contributed by atoms with E-state index >= 15 is 0 Å². The molecule has 0 spiro atoms. The number of carbonyl (C=O) groups excluding carboxylic acids is 1. The van der Waals surface area contributed by atoms with E-state index in [2.05, 4.69) is 5.32 Å².